The van der Waals surface area contributed by atoms with E-state index in [0.717, 1.165) is 49.0 Å². The molecule has 0 aromatic heterocycles. The Bertz CT molecular complexity index is 458. The highest BCUT2D eigenvalue weighted by Gasteiger charge is 2.19. The lowest BCUT2D eigenvalue weighted by Gasteiger charge is -2.28. The van der Waals surface area contributed by atoms with Gasteiger partial charge in [-0.05, 0) is 56.6 Å². The second kappa shape index (κ2) is 9.43. The maximum absolute atomic E-state index is 11.9. The van der Waals surface area contributed by atoms with Crippen molar-refractivity contribution < 1.29 is 4.79 Å². The summed E-state index contributed by atoms with van der Waals surface area (Å²) >= 11 is 7.70. The molecule has 1 amide bonds. The van der Waals surface area contributed by atoms with Gasteiger partial charge in [0, 0.05) is 29.5 Å². The van der Waals surface area contributed by atoms with Crippen molar-refractivity contribution in [2.75, 3.05) is 32.4 Å². The highest BCUT2D eigenvalue weighted by molar-refractivity contribution is 7.98. The number of amides is 1. The third-order valence-electron chi connectivity index (χ3n) is 4.06. The molecule has 0 atom stereocenters. The van der Waals surface area contributed by atoms with Crippen molar-refractivity contribution in [1.82, 2.24) is 10.2 Å². The van der Waals surface area contributed by atoms with E-state index < -0.39 is 0 Å². The average Bonchev–Trinajstić information content (AvgIpc) is 2.51. The third kappa shape index (κ3) is 6.59. The number of benzene rings is 1. The Morgan fingerprint density at radius 3 is 2.68 bits per heavy atom. The van der Waals surface area contributed by atoms with Crippen LogP contribution in [-0.4, -0.2) is 43.2 Å². The lowest BCUT2D eigenvalue weighted by Crippen LogP contribution is -2.34. The van der Waals surface area contributed by atoms with Crippen molar-refractivity contribution in [1.29, 1.82) is 0 Å². The molecule has 3 nitrogen and oxygen atoms in total. The molecule has 0 saturated carbocycles. The molecule has 5 heteroatoms. The van der Waals surface area contributed by atoms with Gasteiger partial charge in [-0.25, -0.2) is 0 Å². The van der Waals surface area contributed by atoms with Crippen molar-refractivity contribution in [2.45, 2.75) is 25.0 Å². The molecule has 1 aromatic rings. The number of halogens is 1. The van der Waals surface area contributed by atoms with Gasteiger partial charge in [-0.3, -0.25) is 4.79 Å². The molecule has 1 saturated heterocycles. The van der Waals surface area contributed by atoms with Gasteiger partial charge < -0.3 is 10.2 Å². The molecule has 1 fully saturated rings. The van der Waals surface area contributed by atoms with E-state index in [1.165, 1.54) is 5.56 Å². The number of rotatable bonds is 7. The molecule has 1 aliphatic rings. The van der Waals surface area contributed by atoms with Crippen LogP contribution in [0.5, 0.6) is 0 Å². The quantitative estimate of drug-likeness (QED) is 0.772. The Morgan fingerprint density at radius 2 is 2.00 bits per heavy atom. The van der Waals surface area contributed by atoms with E-state index in [0.29, 0.717) is 12.3 Å². The van der Waals surface area contributed by atoms with Crippen LogP contribution in [0.15, 0.2) is 24.3 Å². The van der Waals surface area contributed by atoms with Crippen LogP contribution in [0, 0.1) is 5.92 Å². The van der Waals surface area contributed by atoms with Crippen molar-refractivity contribution in [3.8, 4) is 0 Å². The first-order valence-electron chi connectivity index (χ1n) is 7.91. The van der Waals surface area contributed by atoms with Gasteiger partial charge in [-0.2, -0.15) is 11.8 Å². The summed E-state index contributed by atoms with van der Waals surface area (Å²) in [6, 6.07) is 7.93. The SMILES string of the molecule is CN1CCC(CC(=O)NCCSCc2ccc(Cl)cc2)CC1. The summed E-state index contributed by atoms with van der Waals surface area (Å²) in [6.07, 6.45) is 2.99. The summed E-state index contributed by atoms with van der Waals surface area (Å²) in [4.78, 5) is 14.2. The Hall–Kier alpha value is -0.710. The van der Waals surface area contributed by atoms with Gasteiger partial charge in [-0.1, -0.05) is 23.7 Å². The maximum Gasteiger partial charge on any atom is 0.220 e. The standard InChI is InChI=1S/C17H25ClN2OS/c1-20-9-6-14(7-10-20)12-17(21)19-8-11-22-13-15-2-4-16(18)5-3-15/h2-5,14H,6-13H2,1H3,(H,19,21). The Kier molecular flexibility index (Phi) is 7.56. The molecule has 2 rings (SSSR count). The first kappa shape index (κ1) is 17.6. The molecule has 1 N–H and O–H groups in total. The van der Waals surface area contributed by atoms with Gasteiger partial charge in [0.2, 0.25) is 5.91 Å². The zero-order valence-electron chi connectivity index (χ0n) is 13.2. The number of piperidine rings is 1. The minimum absolute atomic E-state index is 0.210. The number of thioether (sulfide) groups is 1. The second-order valence-corrected chi connectivity index (χ2v) is 7.52. The molecule has 1 heterocycles. The van der Waals surface area contributed by atoms with Crippen LogP contribution in [-0.2, 0) is 10.5 Å². The number of nitrogens with zero attached hydrogens (tertiary/aromatic N) is 1. The predicted molar refractivity (Wildman–Crippen MR) is 95.5 cm³/mol. The second-order valence-electron chi connectivity index (χ2n) is 5.98. The van der Waals surface area contributed by atoms with Crippen LogP contribution < -0.4 is 5.32 Å². The lowest BCUT2D eigenvalue weighted by molar-refractivity contribution is -0.122. The zero-order chi connectivity index (χ0) is 15.8. The molecule has 0 aliphatic carbocycles. The Labute approximate surface area is 142 Å². The summed E-state index contributed by atoms with van der Waals surface area (Å²) in [5, 5.41) is 3.82. The summed E-state index contributed by atoms with van der Waals surface area (Å²) in [6.45, 7) is 2.99. The topological polar surface area (TPSA) is 32.3 Å². The molecule has 122 valence electrons. The molecule has 0 spiro atoms. The van der Waals surface area contributed by atoms with Crippen LogP contribution >= 0.6 is 23.4 Å². The lowest BCUT2D eigenvalue weighted by atomic mass is 9.93. The summed E-state index contributed by atoms with van der Waals surface area (Å²) in [5.41, 5.74) is 1.27. The molecular weight excluding hydrogens is 316 g/mol. The summed E-state index contributed by atoms with van der Waals surface area (Å²) in [7, 11) is 2.15. The van der Waals surface area contributed by atoms with Crippen LogP contribution in [0.25, 0.3) is 0 Å². The van der Waals surface area contributed by atoms with E-state index in [-0.39, 0.29) is 5.91 Å². The molecular formula is C17H25ClN2OS. The minimum Gasteiger partial charge on any atom is -0.355 e. The van der Waals surface area contributed by atoms with Gasteiger partial charge in [0.15, 0.2) is 0 Å². The van der Waals surface area contributed by atoms with E-state index in [4.69, 9.17) is 11.6 Å². The van der Waals surface area contributed by atoms with Crippen molar-refractivity contribution >= 4 is 29.3 Å². The predicted octanol–water partition coefficient (Wildman–Crippen LogP) is 3.42. The van der Waals surface area contributed by atoms with Crippen molar-refractivity contribution in [2.24, 2.45) is 5.92 Å². The minimum atomic E-state index is 0.210. The number of nitrogens with one attached hydrogen (secondary N) is 1. The first-order chi connectivity index (χ1) is 10.6. The Morgan fingerprint density at radius 1 is 1.32 bits per heavy atom. The summed E-state index contributed by atoms with van der Waals surface area (Å²) < 4.78 is 0. The van der Waals surface area contributed by atoms with Gasteiger partial charge >= 0.3 is 0 Å². The van der Waals surface area contributed by atoms with E-state index in [2.05, 4.69) is 17.3 Å². The molecule has 0 radical (unpaired) electrons. The van der Waals surface area contributed by atoms with E-state index in [1.807, 2.05) is 36.0 Å². The van der Waals surface area contributed by atoms with Gasteiger partial charge in [-0.15, -0.1) is 0 Å². The number of hydrogen-bond acceptors (Lipinski definition) is 3. The van der Waals surface area contributed by atoms with E-state index in [1.54, 1.807) is 0 Å². The fourth-order valence-corrected chi connectivity index (χ4v) is 3.58. The monoisotopic (exact) mass is 340 g/mol. The van der Waals surface area contributed by atoms with Crippen molar-refractivity contribution in [3.05, 3.63) is 34.9 Å². The smallest absolute Gasteiger partial charge is 0.220 e. The Balaban J connectivity index is 1.52. The fourth-order valence-electron chi connectivity index (χ4n) is 2.63. The maximum atomic E-state index is 11.9. The van der Waals surface area contributed by atoms with Crippen LogP contribution in [0.4, 0.5) is 0 Å². The molecule has 0 bridgehead atoms. The average molecular weight is 341 g/mol. The van der Waals surface area contributed by atoms with E-state index in [9.17, 15) is 4.79 Å². The first-order valence-corrected chi connectivity index (χ1v) is 9.44. The highest BCUT2D eigenvalue weighted by atomic mass is 35.5. The van der Waals surface area contributed by atoms with Crippen LogP contribution in [0.1, 0.15) is 24.8 Å². The number of hydrogen-bond donors (Lipinski definition) is 1. The highest BCUT2D eigenvalue weighted by Crippen LogP contribution is 2.19. The third-order valence-corrected chi connectivity index (χ3v) is 5.34. The van der Waals surface area contributed by atoms with Gasteiger partial charge in [0.25, 0.3) is 0 Å². The van der Waals surface area contributed by atoms with Crippen molar-refractivity contribution in [3.63, 3.8) is 0 Å². The molecule has 0 unspecified atom stereocenters. The zero-order valence-corrected chi connectivity index (χ0v) is 14.8. The normalized spacial score (nSPS) is 16.6. The number of carbonyl (C=O) groups excluding carboxylic acids is 1. The van der Waals surface area contributed by atoms with Crippen LogP contribution in [0.2, 0.25) is 5.02 Å². The molecule has 1 aromatic carbocycles. The molecule has 22 heavy (non-hydrogen) atoms. The van der Waals surface area contributed by atoms with E-state index >= 15 is 0 Å². The molecule has 1 aliphatic heterocycles. The van der Waals surface area contributed by atoms with Crippen LogP contribution in [0.3, 0.4) is 0 Å². The van der Waals surface area contributed by atoms with Gasteiger partial charge in [0.05, 0.1) is 0 Å². The summed E-state index contributed by atoms with van der Waals surface area (Å²) in [5.74, 6) is 2.68. The largest absolute Gasteiger partial charge is 0.355 e. The van der Waals surface area contributed by atoms with Gasteiger partial charge in [0.1, 0.15) is 0 Å². The number of likely N-dealkylation sites (tertiary alicyclic amines) is 1. The fraction of sp³-hybridized carbons (Fsp3) is 0.588. The number of carbonyl (C=O) groups is 1.